The van der Waals surface area contributed by atoms with Gasteiger partial charge in [-0.25, -0.2) is 4.57 Å². The largest absolute Gasteiger partial charge is 0.472 e. The zero-order chi connectivity index (χ0) is 49.5. The number of ether oxygens (including phenoxy) is 2. The van der Waals surface area contributed by atoms with Crippen molar-refractivity contribution >= 4 is 19.8 Å². The molecule has 0 saturated heterocycles. The molecule has 3 N–H and O–H groups in total. The van der Waals surface area contributed by atoms with Gasteiger partial charge in [0.1, 0.15) is 6.61 Å². The first-order valence-electron chi connectivity index (χ1n) is 29.7. The topological polar surface area (TPSA) is 134 Å². The second-order valence-corrected chi connectivity index (χ2v) is 21.7. The zero-order valence-electron chi connectivity index (χ0n) is 45.1. The Hall–Kier alpha value is -1.25. The van der Waals surface area contributed by atoms with E-state index >= 15 is 0 Å². The molecule has 0 saturated carbocycles. The van der Waals surface area contributed by atoms with Gasteiger partial charge in [-0.05, 0) is 38.5 Å². The van der Waals surface area contributed by atoms with Crippen molar-refractivity contribution in [1.29, 1.82) is 0 Å². The minimum absolute atomic E-state index is 0.0552. The number of phosphoric acid groups is 1. The summed E-state index contributed by atoms with van der Waals surface area (Å²) in [5, 5.41) is 0. The van der Waals surface area contributed by atoms with Crippen molar-refractivity contribution in [3.8, 4) is 0 Å². The normalized spacial score (nSPS) is 13.1. The Labute approximate surface area is 421 Å². The number of nitrogens with two attached hydrogens (primary N) is 1. The maximum atomic E-state index is 12.6. The molecule has 0 aromatic heterocycles. The van der Waals surface area contributed by atoms with Crippen molar-refractivity contribution < 1.29 is 37.6 Å². The molecule has 10 heteroatoms. The molecule has 0 aliphatic carbocycles. The molecule has 0 amide bonds. The molecule has 0 aromatic carbocycles. The van der Waals surface area contributed by atoms with Crippen LogP contribution in [0, 0.1) is 0 Å². The third kappa shape index (κ3) is 54.1. The lowest BCUT2D eigenvalue weighted by Gasteiger charge is -2.19. The van der Waals surface area contributed by atoms with Crippen molar-refractivity contribution in [3.05, 3.63) is 12.2 Å². The van der Waals surface area contributed by atoms with Crippen LogP contribution in [0.4, 0.5) is 0 Å². The number of rotatable bonds is 57. The summed E-state index contributed by atoms with van der Waals surface area (Å²) in [6.07, 6.45) is 62.9. The molecule has 0 radical (unpaired) electrons. The van der Waals surface area contributed by atoms with E-state index in [4.69, 9.17) is 24.3 Å². The molecule has 0 aliphatic rings. The molecule has 0 aliphatic heterocycles. The second-order valence-electron chi connectivity index (χ2n) is 20.2. The van der Waals surface area contributed by atoms with Gasteiger partial charge < -0.3 is 20.1 Å². The molecule has 0 aromatic rings. The number of hydrogen-bond acceptors (Lipinski definition) is 8. The summed E-state index contributed by atoms with van der Waals surface area (Å²) in [7, 11) is -4.38. The third-order valence-electron chi connectivity index (χ3n) is 13.4. The Bertz CT molecular complexity index is 1120. The van der Waals surface area contributed by atoms with Gasteiger partial charge in [0.05, 0.1) is 13.2 Å². The Balaban J connectivity index is 3.80. The van der Waals surface area contributed by atoms with Crippen molar-refractivity contribution in [3.63, 3.8) is 0 Å². The summed E-state index contributed by atoms with van der Waals surface area (Å²) < 4.78 is 33.0. The molecule has 0 rings (SSSR count). The third-order valence-corrected chi connectivity index (χ3v) is 14.4. The van der Waals surface area contributed by atoms with Crippen molar-refractivity contribution in [1.82, 2.24) is 0 Å². The van der Waals surface area contributed by atoms with Gasteiger partial charge in [0, 0.05) is 19.4 Å². The quantitative estimate of drug-likeness (QED) is 0.0264. The van der Waals surface area contributed by atoms with Gasteiger partial charge in [-0.15, -0.1) is 0 Å². The van der Waals surface area contributed by atoms with E-state index in [1.807, 2.05) is 0 Å². The van der Waals surface area contributed by atoms with Gasteiger partial charge in [-0.3, -0.25) is 18.6 Å². The lowest BCUT2D eigenvalue weighted by molar-refractivity contribution is -0.161. The van der Waals surface area contributed by atoms with E-state index in [-0.39, 0.29) is 38.6 Å². The number of allylic oxidation sites excluding steroid dienone is 2. The average Bonchev–Trinajstić information content (AvgIpc) is 3.33. The van der Waals surface area contributed by atoms with E-state index in [9.17, 15) is 19.0 Å². The minimum Gasteiger partial charge on any atom is -0.462 e. The summed E-state index contributed by atoms with van der Waals surface area (Å²) in [4.78, 5) is 35.1. The monoisotopic (exact) mass is 984 g/mol. The van der Waals surface area contributed by atoms with Crippen LogP contribution in [0.3, 0.4) is 0 Å². The number of hydrogen-bond donors (Lipinski definition) is 2. The Morgan fingerprint density at radius 1 is 0.426 bits per heavy atom. The summed E-state index contributed by atoms with van der Waals surface area (Å²) >= 11 is 0. The highest BCUT2D eigenvalue weighted by molar-refractivity contribution is 7.47. The number of unbranched alkanes of at least 4 members (excludes halogenated alkanes) is 42. The van der Waals surface area contributed by atoms with Crippen LogP contribution in [-0.2, 0) is 32.7 Å². The van der Waals surface area contributed by atoms with Crippen molar-refractivity contribution in [2.45, 2.75) is 322 Å². The van der Waals surface area contributed by atoms with Crippen molar-refractivity contribution in [2.75, 3.05) is 26.4 Å². The summed E-state index contributed by atoms with van der Waals surface area (Å²) in [5.74, 6) is -0.820. The van der Waals surface area contributed by atoms with Crippen LogP contribution in [0.2, 0.25) is 0 Å². The predicted molar refractivity (Wildman–Crippen MR) is 289 cm³/mol. The fraction of sp³-hybridized carbons (Fsp3) is 0.931. The minimum atomic E-state index is -4.38. The molecular weight excluding hydrogens is 870 g/mol. The highest BCUT2D eigenvalue weighted by Gasteiger charge is 2.26. The average molecular weight is 985 g/mol. The zero-order valence-corrected chi connectivity index (χ0v) is 46.0. The molecule has 0 heterocycles. The maximum absolute atomic E-state index is 12.6. The number of carbonyl (C=O) groups is 2. The van der Waals surface area contributed by atoms with Crippen molar-refractivity contribution in [2.24, 2.45) is 5.73 Å². The molecule has 9 nitrogen and oxygen atoms in total. The van der Waals surface area contributed by atoms with Gasteiger partial charge in [-0.2, -0.15) is 0 Å². The lowest BCUT2D eigenvalue weighted by Crippen LogP contribution is -2.29. The SMILES string of the molecule is CCCCCCCC/C=C\CCCCCCCC(=O)OC(COC(=O)CCCCCCCCCCCCCCCCCCCCCCCCCCCCCCCCCC)COP(=O)(O)OCCN. The van der Waals surface area contributed by atoms with Crippen LogP contribution in [0.5, 0.6) is 0 Å². The Morgan fingerprint density at radius 2 is 0.721 bits per heavy atom. The molecule has 68 heavy (non-hydrogen) atoms. The van der Waals surface area contributed by atoms with Crippen LogP contribution in [0.15, 0.2) is 12.2 Å². The van der Waals surface area contributed by atoms with Gasteiger partial charge in [0.25, 0.3) is 0 Å². The molecule has 2 atom stereocenters. The summed E-state index contributed by atoms with van der Waals surface area (Å²) in [6.45, 7) is 3.78. The van der Waals surface area contributed by atoms with Gasteiger partial charge in [-0.1, -0.05) is 276 Å². The van der Waals surface area contributed by atoms with Crippen LogP contribution in [-0.4, -0.2) is 49.3 Å². The molecule has 0 bridgehead atoms. The first kappa shape index (κ1) is 66.8. The molecular formula is C58H114NO8P. The molecule has 0 spiro atoms. The number of esters is 2. The van der Waals surface area contributed by atoms with Gasteiger partial charge in [0.2, 0.25) is 0 Å². The van der Waals surface area contributed by atoms with E-state index in [1.165, 1.54) is 231 Å². The highest BCUT2D eigenvalue weighted by Crippen LogP contribution is 2.43. The van der Waals surface area contributed by atoms with E-state index in [0.717, 1.165) is 51.4 Å². The van der Waals surface area contributed by atoms with Crippen LogP contribution < -0.4 is 5.73 Å². The first-order chi connectivity index (χ1) is 33.3. The summed E-state index contributed by atoms with van der Waals surface area (Å²) in [6, 6.07) is 0. The molecule has 2 unspecified atom stereocenters. The first-order valence-corrected chi connectivity index (χ1v) is 31.2. The number of carbonyl (C=O) groups excluding carboxylic acids is 2. The van der Waals surface area contributed by atoms with E-state index in [0.29, 0.717) is 6.42 Å². The second kappa shape index (κ2) is 55.1. The van der Waals surface area contributed by atoms with Crippen LogP contribution >= 0.6 is 7.82 Å². The molecule has 0 fully saturated rings. The fourth-order valence-electron chi connectivity index (χ4n) is 8.99. The van der Waals surface area contributed by atoms with Crippen LogP contribution in [0.25, 0.3) is 0 Å². The summed E-state index contributed by atoms with van der Waals surface area (Å²) in [5.41, 5.74) is 5.37. The lowest BCUT2D eigenvalue weighted by atomic mass is 10.0. The predicted octanol–water partition coefficient (Wildman–Crippen LogP) is 18.5. The fourth-order valence-corrected chi connectivity index (χ4v) is 9.75. The Kier molecular flexibility index (Phi) is 54.1. The highest BCUT2D eigenvalue weighted by atomic mass is 31.2. The smallest absolute Gasteiger partial charge is 0.462 e. The van der Waals surface area contributed by atoms with E-state index in [2.05, 4.69) is 26.0 Å². The maximum Gasteiger partial charge on any atom is 0.472 e. The van der Waals surface area contributed by atoms with Gasteiger partial charge >= 0.3 is 19.8 Å². The van der Waals surface area contributed by atoms with E-state index in [1.54, 1.807) is 0 Å². The van der Waals surface area contributed by atoms with Crippen LogP contribution in [0.1, 0.15) is 316 Å². The molecule has 404 valence electrons. The number of phosphoric ester groups is 1. The van der Waals surface area contributed by atoms with E-state index < -0.39 is 26.5 Å². The Morgan fingerprint density at radius 3 is 1.04 bits per heavy atom. The standard InChI is InChI=1S/C58H114NO8P/c1-3-5-7-9-11-13-15-17-19-20-21-22-23-24-25-26-27-28-29-30-31-32-33-34-35-37-38-40-42-44-46-48-50-57(60)64-54-56(55-66-68(62,63)65-53-52-59)67-58(61)51-49-47-45-43-41-39-36-18-16-14-12-10-8-6-4-2/h18,36,56H,3-17,19-35,37-55,59H2,1-2H3,(H,62,63)/b36-18-. The van der Waals surface area contributed by atoms with Gasteiger partial charge in [0.15, 0.2) is 6.10 Å².